The summed E-state index contributed by atoms with van der Waals surface area (Å²) >= 11 is 4.79. The third-order valence-corrected chi connectivity index (χ3v) is 3.53. The van der Waals surface area contributed by atoms with Gasteiger partial charge >= 0.3 is 0 Å². The fourth-order valence-electron chi connectivity index (χ4n) is 1.21. The molecule has 0 unspecified atom stereocenters. The highest BCUT2D eigenvalue weighted by molar-refractivity contribution is 9.08. The van der Waals surface area contributed by atoms with Gasteiger partial charge in [-0.05, 0) is 17.5 Å². The fourth-order valence-corrected chi connectivity index (χ4v) is 2.12. The quantitative estimate of drug-likeness (QED) is 0.597. The molecule has 0 bridgehead atoms. The molecule has 0 fully saturated rings. The van der Waals surface area contributed by atoms with Gasteiger partial charge in [-0.3, -0.25) is 4.79 Å². The standard InChI is InChI=1S/C13H15BrOS/c1-11(15)16-9-3-2-4-12-5-7-13(10-14)8-6-12/h2,4-8H,3,9-10H2,1H3. The molecule has 1 aromatic rings. The number of benzene rings is 1. The van der Waals surface area contributed by atoms with Gasteiger partial charge in [-0.1, -0.05) is 64.1 Å². The zero-order valence-corrected chi connectivity index (χ0v) is 11.7. The highest BCUT2D eigenvalue weighted by atomic mass is 79.9. The van der Waals surface area contributed by atoms with Crippen LogP contribution in [0.4, 0.5) is 0 Å². The van der Waals surface area contributed by atoms with Crippen LogP contribution in [0.25, 0.3) is 6.08 Å². The second-order valence-corrected chi connectivity index (χ2v) is 5.24. The maximum absolute atomic E-state index is 10.7. The first-order chi connectivity index (χ1) is 7.72. The first-order valence-electron chi connectivity index (χ1n) is 5.17. The van der Waals surface area contributed by atoms with Gasteiger partial charge in [-0.25, -0.2) is 0 Å². The molecule has 86 valence electrons. The Kier molecular flexibility index (Phi) is 6.50. The van der Waals surface area contributed by atoms with Crippen molar-refractivity contribution in [2.75, 3.05) is 5.75 Å². The molecule has 0 aliphatic heterocycles. The Bertz CT molecular complexity index is 357. The molecule has 0 radical (unpaired) electrons. The van der Waals surface area contributed by atoms with E-state index in [1.807, 2.05) is 0 Å². The van der Waals surface area contributed by atoms with Crippen molar-refractivity contribution in [3.8, 4) is 0 Å². The van der Waals surface area contributed by atoms with Crippen LogP contribution in [-0.4, -0.2) is 10.9 Å². The molecule has 0 aliphatic rings. The minimum absolute atomic E-state index is 0.190. The van der Waals surface area contributed by atoms with Gasteiger partial charge in [0.2, 0.25) is 0 Å². The second kappa shape index (κ2) is 7.69. The zero-order chi connectivity index (χ0) is 11.8. The lowest BCUT2D eigenvalue weighted by atomic mass is 10.1. The number of alkyl halides is 1. The van der Waals surface area contributed by atoms with E-state index in [0.717, 1.165) is 17.5 Å². The topological polar surface area (TPSA) is 17.1 Å². The van der Waals surface area contributed by atoms with E-state index in [0.29, 0.717) is 0 Å². The fraction of sp³-hybridized carbons (Fsp3) is 0.308. The lowest BCUT2D eigenvalue weighted by molar-refractivity contribution is -0.109. The maximum atomic E-state index is 10.7. The molecule has 0 saturated heterocycles. The minimum atomic E-state index is 0.190. The summed E-state index contributed by atoms with van der Waals surface area (Å²) in [6, 6.07) is 8.42. The number of carbonyl (C=O) groups is 1. The Hall–Kier alpha value is -0.540. The summed E-state index contributed by atoms with van der Waals surface area (Å²) < 4.78 is 0. The number of rotatable bonds is 5. The number of allylic oxidation sites excluding steroid dienone is 1. The summed E-state index contributed by atoms with van der Waals surface area (Å²) in [5, 5.41) is 1.08. The predicted molar refractivity (Wildman–Crippen MR) is 75.9 cm³/mol. The Morgan fingerprint density at radius 3 is 2.62 bits per heavy atom. The Morgan fingerprint density at radius 1 is 1.38 bits per heavy atom. The summed E-state index contributed by atoms with van der Waals surface area (Å²) in [7, 11) is 0. The Morgan fingerprint density at radius 2 is 2.06 bits per heavy atom. The summed E-state index contributed by atoms with van der Waals surface area (Å²) in [6.45, 7) is 1.60. The van der Waals surface area contributed by atoms with Crippen molar-refractivity contribution in [3.05, 3.63) is 41.5 Å². The number of thioether (sulfide) groups is 1. The molecule has 0 amide bonds. The highest BCUT2D eigenvalue weighted by Crippen LogP contribution is 2.10. The number of hydrogen-bond acceptors (Lipinski definition) is 2. The second-order valence-electron chi connectivity index (χ2n) is 3.41. The van der Waals surface area contributed by atoms with Crippen LogP contribution in [0.5, 0.6) is 0 Å². The average molecular weight is 299 g/mol. The van der Waals surface area contributed by atoms with E-state index >= 15 is 0 Å². The molecular formula is C13H15BrOS. The summed E-state index contributed by atoms with van der Waals surface area (Å²) in [5.74, 6) is 0.866. The largest absolute Gasteiger partial charge is 0.288 e. The highest BCUT2D eigenvalue weighted by Gasteiger charge is 1.92. The number of carbonyl (C=O) groups excluding carboxylic acids is 1. The summed E-state index contributed by atoms with van der Waals surface area (Å²) in [5.41, 5.74) is 2.49. The zero-order valence-electron chi connectivity index (χ0n) is 9.28. The molecule has 1 rings (SSSR count). The Balaban J connectivity index is 2.35. The van der Waals surface area contributed by atoms with Gasteiger partial charge < -0.3 is 0 Å². The normalized spacial score (nSPS) is 10.9. The van der Waals surface area contributed by atoms with Gasteiger partial charge in [-0.15, -0.1) is 0 Å². The van der Waals surface area contributed by atoms with Crippen LogP contribution < -0.4 is 0 Å². The van der Waals surface area contributed by atoms with Gasteiger partial charge in [0.25, 0.3) is 0 Å². The summed E-state index contributed by atoms with van der Waals surface area (Å²) in [4.78, 5) is 10.7. The van der Waals surface area contributed by atoms with Crippen LogP contribution in [0.2, 0.25) is 0 Å². The van der Waals surface area contributed by atoms with Crippen molar-refractivity contribution >= 4 is 38.9 Å². The SMILES string of the molecule is CC(=O)SCCC=Cc1ccc(CBr)cc1. The predicted octanol–water partition coefficient (Wildman–Crippen LogP) is 4.26. The molecule has 0 atom stereocenters. The van der Waals surface area contributed by atoms with Crippen molar-refractivity contribution in [2.45, 2.75) is 18.7 Å². The first-order valence-corrected chi connectivity index (χ1v) is 7.28. The molecule has 0 N–H and O–H groups in total. The molecule has 1 nitrogen and oxygen atoms in total. The van der Waals surface area contributed by atoms with Crippen LogP contribution in [0.1, 0.15) is 24.5 Å². The molecule has 0 saturated carbocycles. The molecule has 16 heavy (non-hydrogen) atoms. The molecule has 3 heteroatoms. The van der Waals surface area contributed by atoms with Gasteiger partial charge in [0.1, 0.15) is 0 Å². The van der Waals surface area contributed by atoms with Crippen molar-refractivity contribution in [3.63, 3.8) is 0 Å². The van der Waals surface area contributed by atoms with E-state index in [1.54, 1.807) is 6.92 Å². The number of halogens is 1. The molecule has 0 spiro atoms. The lowest BCUT2D eigenvalue weighted by Crippen LogP contribution is -1.83. The van der Waals surface area contributed by atoms with E-state index in [2.05, 4.69) is 52.3 Å². The van der Waals surface area contributed by atoms with Crippen LogP contribution in [0.3, 0.4) is 0 Å². The molecule has 0 aromatic heterocycles. The van der Waals surface area contributed by atoms with Crippen molar-refractivity contribution in [2.24, 2.45) is 0 Å². The Labute approximate surface area is 109 Å². The maximum Gasteiger partial charge on any atom is 0.185 e. The molecule has 0 aliphatic carbocycles. The molecule has 1 aromatic carbocycles. The van der Waals surface area contributed by atoms with Gasteiger partial charge in [0.15, 0.2) is 5.12 Å². The van der Waals surface area contributed by atoms with Crippen LogP contribution in [0.15, 0.2) is 30.3 Å². The smallest absolute Gasteiger partial charge is 0.185 e. The minimum Gasteiger partial charge on any atom is -0.288 e. The number of hydrogen-bond donors (Lipinski definition) is 0. The van der Waals surface area contributed by atoms with E-state index in [1.165, 1.54) is 22.9 Å². The van der Waals surface area contributed by atoms with Gasteiger partial charge in [0.05, 0.1) is 0 Å². The third kappa shape index (κ3) is 5.52. The van der Waals surface area contributed by atoms with E-state index in [9.17, 15) is 4.79 Å². The summed E-state index contributed by atoms with van der Waals surface area (Å²) in [6.07, 6.45) is 5.14. The monoisotopic (exact) mass is 298 g/mol. The average Bonchev–Trinajstić information content (AvgIpc) is 2.29. The molecule has 0 heterocycles. The van der Waals surface area contributed by atoms with Crippen LogP contribution in [-0.2, 0) is 10.1 Å². The van der Waals surface area contributed by atoms with E-state index in [4.69, 9.17) is 0 Å². The third-order valence-electron chi connectivity index (χ3n) is 2.03. The van der Waals surface area contributed by atoms with Crippen molar-refractivity contribution < 1.29 is 4.79 Å². The first kappa shape index (κ1) is 13.5. The van der Waals surface area contributed by atoms with E-state index in [-0.39, 0.29) is 5.12 Å². The molecular weight excluding hydrogens is 284 g/mol. The van der Waals surface area contributed by atoms with Crippen molar-refractivity contribution in [1.29, 1.82) is 0 Å². The van der Waals surface area contributed by atoms with Crippen LogP contribution >= 0.6 is 27.7 Å². The van der Waals surface area contributed by atoms with Gasteiger partial charge in [0, 0.05) is 18.0 Å². The van der Waals surface area contributed by atoms with Crippen LogP contribution in [0, 0.1) is 0 Å². The van der Waals surface area contributed by atoms with Gasteiger partial charge in [-0.2, -0.15) is 0 Å². The van der Waals surface area contributed by atoms with E-state index < -0.39 is 0 Å². The van der Waals surface area contributed by atoms with Crippen molar-refractivity contribution in [1.82, 2.24) is 0 Å². The lowest BCUT2D eigenvalue weighted by Gasteiger charge is -1.96.